The molecule has 0 aliphatic heterocycles. The quantitative estimate of drug-likeness (QED) is 0.305. The molecule has 10 nitrogen and oxygen atoms in total. The van der Waals surface area contributed by atoms with Gasteiger partial charge in [-0.25, -0.2) is 0 Å². The zero-order valence-electron chi connectivity index (χ0n) is 8.59. The van der Waals surface area contributed by atoms with Crippen LogP contribution < -0.4 is 29.4 Å². The number of hydrogen-bond acceptors (Lipinski definition) is 10. The van der Waals surface area contributed by atoms with Gasteiger partial charge in [-0.3, -0.25) is 9.59 Å². The van der Waals surface area contributed by atoms with Crippen molar-refractivity contribution in [3.8, 4) is 0 Å². The smallest absolute Gasteiger partial charge is 0.197 e. The molecule has 0 saturated carbocycles. The molecule has 0 unspecified atom stereocenters. The van der Waals surface area contributed by atoms with Gasteiger partial charge in [0.15, 0.2) is 11.6 Å². The molecule has 0 heterocycles. The maximum absolute atomic E-state index is 10.5. The molecule has 0 aromatic rings. The van der Waals surface area contributed by atoms with E-state index in [1.807, 2.05) is 0 Å². The normalized spacial score (nSPS) is 14.8. The van der Waals surface area contributed by atoms with Crippen LogP contribution >= 0.6 is 27.2 Å². The second kappa shape index (κ2) is 8.49. The number of halogens is 1. The minimum absolute atomic E-state index is 0.0116. The van der Waals surface area contributed by atoms with Crippen LogP contribution in [0.15, 0.2) is 23.3 Å². The Labute approximate surface area is 111 Å². The lowest BCUT2D eigenvalue weighted by molar-refractivity contribution is -0.434. The standard InChI is InChI=1S/C6H3ClO2.2H3O4P/c7-5-3-4(8)1-2-6(5)9;2*1-5(2,3)4/h1-3H;2*(H3,1,2,3,4)/p-6. The molecule has 0 bridgehead atoms. The molecular weight excluding hydrogens is 329 g/mol. The molecule has 0 saturated heterocycles. The molecule has 0 atom stereocenters. The van der Waals surface area contributed by atoms with Gasteiger partial charge < -0.3 is 38.5 Å². The lowest BCUT2D eigenvalue weighted by Crippen LogP contribution is -2.24. The molecule has 0 spiro atoms. The molecule has 1 aliphatic rings. The molecule has 19 heavy (non-hydrogen) atoms. The Morgan fingerprint density at radius 1 is 0.842 bits per heavy atom. The van der Waals surface area contributed by atoms with E-state index in [0.717, 1.165) is 12.2 Å². The minimum Gasteiger partial charge on any atom is -0.822 e. The van der Waals surface area contributed by atoms with Crippen molar-refractivity contribution < 1.29 is 48.1 Å². The van der Waals surface area contributed by atoms with E-state index in [1.165, 1.54) is 6.08 Å². The van der Waals surface area contributed by atoms with E-state index in [0.29, 0.717) is 0 Å². The highest BCUT2D eigenvalue weighted by Crippen LogP contribution is 2.08. The van der Waals surface area contributed by atoms with Gasteiger partial charge in [-0.2, -0.15) is 15.6 Å². The fraction of sp³-hybridized carbons (Fsp3) is 0. The third kappa shape index (κ3) is 26.8. The number of carbonyl (C=O) groups is 2. The van der Waals surface area contributed by atoms with Crippen LogP contribution in [0.3, 0.4) is 0 Å². The molecule has 1 rings (SSSR count). The van der Waals surface area contributed by atoms with Gasteiger partial charge in [0.05, 0.1) is 5.03 Å². The summed E-state index contributed by atoms with van der Waals surface area (Å²) in [4.78, 5) is 72.2. The fourth-order valence-corrected chi connectivity index (χ4v) is 0.652. The van der Waals surface area contributed by atoms with Crippen molar-refractivity contribution in [3.63, 3.8) is 0 Å². The molecule has 0 aromatic carbocycles. The number of carbonyl (C=O) groups excluding carboxylic acids is 2. The average molecular weight is 332 g/mol. The summed E-state index contributed by atoms with van der Waals surface area (Å²) in [5, 5.41) is -0.0116. The van der Waals surface area contributed by atoms with E-state index in [9.17, 15) is 9.59 Å². The highest BCUT2D eigenvalue weighted by Gasteiger charge is 2.08. The summed E-state index contributed by atoms with van der Waals surface area (Å²) in [6.45, 7) is 0. The first-order valence-corrected chi connectivity index (χ1v) is 7.10. The number of ketones is 2. The van der Waals surface area contributed by atoms with Crippen molar-refractivity contribution in [2.24, 2.45) is 0 Å². The van der Waals surface area contributed by atoms with Crippen LogP contribution in [-0.2, 0) is 18.7 Å². The van der Waals surface area contributed by atoms with E-state index in [-0.39, 0.29) is 16.6 Å². The van der Waals surface area contributed by atoms with Gasteiger partial charge in [0.25, 0.3) is 0 Å². The summed E-state index contributed by atoms with van der Waals surface area (Å²) >= 11 is 5.30. The zero-order valence-corrected chi connectivity index (χ0v) is 11.1. The van der Waals surface area contributed by atoms with Crippen molar-refractivity contribution in [2.45, 2.75) is 0 Å². The van der Waals surface area contributed by atoms with Crippen molar-refractivity contribution in [3.05, 3.63) is 23.3 Å². The lowest BCUT2D eigenvalue weighted by Gasteiger charge is -2.36. The summed E-state index contributed by atoms with van der Waals surface area (Å²) in [5.41, 5.74) is 0. The average Bonchev–Trinajstić information content (AvgIpc) is 2.06. The summed E-state index contributed by atoms with van der Waals surface area (Å²) in [7, 11) is -10.8. The van der Waals surface area contributed by atoms with Crippen molar-refractivity contribution in [1.82, 2.24) is 0 Å². The monoisotopic (exact) mass is 332 g/mol. The van der Waals surface area contributed by atoms with Gasteiger partial charge in [-0.1, -0.05) is 11.6 Å². The first-order chi connectivity index (χ1) is 8.20. The molecule has 1 aliphatic carbocycles. The van der Waals surface area contributed by atoms with E-state index < -0.39 is 15.6 Å². The van der Waals surface area contributed by atoms with Gasteiger partial charge in [0.2, 0.25) is 0 Å². The first kappa shape index (κ1) is 20.6. The molecule has 110 valence electrons. The fourth-order valence-electron chi connectivity index (χ4n) is 0.482. The summed E-state index contributed by atoms with van der Waals surface area (Å²) < 4.78 is 17.1. The van der Waals surface area contributed by atoms with Crippen LogP contribution in [0, 0.1) is 0 Å². The first-order valence-electron chi connectivity index (χ1n) is 3.80. The molecular formula is C6H3ClO10P2-6. The minimum atomic E-state index is -5.39. The Bertz CT molecular complexity index is 446. The Balaban J connectivity index is 0. The molecule has 0 radical (unpaired) electrons. The zero-order chi connectivity index (χ0) is 15.9. The van der Waals surface area contributed by atoms with Crippen LogP contribution in [-0.4, -0.2) is 11.6 Å². The second-order valence-electron chi connectivity index (χ2n) is 2.49. The summed E-state index contributed by atoms with van der Waals surface area (Å²) in [6.07, 6.45) is 3.45. The van der Waals surface area contributed by atoms with Crippen LogP contribution in [0.25, 0.3) is 0 Å². The Morgan fingerprint density at radius 3 is 1.37 bits per heavy atom. The maximum Gasteiger partial charge on any atom is 0.197 e. The van der Waals surface area contributed by atoms with Crippen LogP contribution in [0.5, 0.6) is 0 Å². The van der Waals surface area contributed by atoms with Crippen LogP contribution in [0.1, 0.15) is 0 Å². The predicted octanol–water partition coefficient (Wildman–Crippen LogP) is -4.83. The third-order valence-electron chi connectivity index (χ3n) is 0.903. The highest BCUT2D eigenvalue weighted by molar-refractivity contribution is 7.40. The van der Waals surface area contributed by atoms with E-state index >= 15 is 0 Å². The van der Waals surface area contributed by atoms with E-state index in [1.54, 1.807) is 0 Å². The highest BCUT2D eigenvalue weighted by atomic mass is 35.5. The van der Waals surface area contributed by atoms with E-state index in [4.69, 9.17) is 50.1 Å². The van der Waals surface area contributed by atoms with Crippen molar-refractivity contribution in [1.29, 1.82) is 0 Å². The van der Waals surface area contributed by atoms with Crippen molar-refractivity contribution >= 4 is 38.8 Å². The predicted molar refractivity (Wildman–Crippen MR) is 48.3 cm³/mol. The van der Waals surface area contributed by atoms with Gasteiger partial charge in [0.1, 0.15) is 0 Å². The van der Waals surface area contributed by atoms with E-state index in [2.05, 4.69) is 0 Å². The molecule has 0 N–H and O–H groups in total. The number of hydrogen-bond donors (Lipinski definition) is 0. The van der Waals surface area contributed by atoms with Gasteiger partial charge >= 0.3 is 0 Å². The lowest BCUT2D eigenvalue weighted by atomic mass is 10.2. The molecule has 0 amide bonds. The van der Waals surface area contributed by atoms with Gasteiger partial charge in [0, 0.05) is 6.08 Å². The topological polar surface area (TPSA) is 207 Å². The SMILES string of the molecule is O=C1C=CC(=O)C(Cl)=C1.O=P([O-])([O-])[O-].O=P([O-])([O-])[O-]. The summed E-state index contributed by atoms with van der Waals surface area (Å²) in [6, 6.07) is 0. The van der Waals surface area contributed by atoms with Crippen LogP contribution in [0.4, 0.5) is 0 Å². The number of allylic oxidation sites excluding steroid dienone is 4. The number of phosphoric acid groups is 2. The second-order valence-corrected chi connectivity index (χ2v) is 4.68. The Morgan fingerprint density at radius 2 is 1.16 bits per heavy atom. The summed E-state index contributed by atoms with van der Waals surface area (Å²) in [5.74, 6) is -0.545. The van der Waals surface area contributed by atoms with Gasteiger partial charge in [-0.05, 0) is 12.2 Å². The largest absolute Gasteiger partial charge is 0.822 e. The third-order valence-corrected chi connectivity index (χ3v) is 1.20. The van der Waals surface area contributed by atoms with Crippen molar-refractivity contribution in [2.75, 3.05) is 0 Å². The maximum atomic E-state index is 10.5. The van der Waals surface area contributed by atoms with Crippen LogP contribution in [0.2, 0.25) is 0 Å². The number of rotatable bonds is 0. The molecule has 0 aromatic heterocycles. The Kier molecular flexibility index (Phi) is 9.23. The molecule has 13 heteroatoms. The Hall–Kier alpha value is -0.670. The molecule has 0 fully saturated rings. The van der Waals surface area contributed by atoms with Gasteiger partial charge in [-0.15, -0.1) is 0 Å².